The maximum atomic E-state index is 10.6. The maximum absolute atomic E-state index is 10.6. The highest BCUT2D eigenvalue weighted by Gasteiger charge is 2.05. The van der Waals surface area contributed by atoms with E-state index < -0.39 is 6.85 Å². The average molecular weight is 218 g/mol. The lowest BCUT2D eigenvalue weighted by Crippen LogP contribution is -1.87. The Kier molecular flexibility index (Phi) is 1.37. The zero-order chi connectivity index (χ0) is 10.9. The Labute approximate surface area is 77.2 Å². The molecule has 1 aromatic rings. The maximum Gasteiger partial charge on any atom is 0.154 e. The van der Waals surface area contributed by atoms with E-state index in [0.29, 0.717) is 6.29 Å². The lowest BCUT2D eigenvalue weighted by atomic mass is 10.1. The Morgan fingerprint density at radius 3 is 2.91 bits per heavy atom. The number of hydrogen-bond donors (Lipinski definition) is 1. The van der Waals surface area contributed by atoms with E-state index >= 15 is 0 Å². The first-order valence-corrected chi connectivity index (χ1v) is 3.64. The van der Waals surface area contributed by atoms with Gasteiger partial charge in [-0.25, -0.2) is 0 Å². The molecule has 1 N–H and O–H groups in total. The summed E-state index contributed by atoms with van der Waals surface area (Å²) in [5.41, 5.74) is -0.355. The van der Waals surface area contributed by atoms with Crippen LogP contribution in [-0.4, -0.2) is 11.4 Å². The molecule has 0 aliphatic heterocycles. The van der Waals surface area contributed by atoms with Gasteiger partial charge in [-0.1, -0.05) is 15.9 Å². The van der Waals surface area contributed by atoms with Crippen LogP contribution < -0.4 is 0 Å². The van der Waals surface area contributed by atoms with Crippen LogP contribution in [0, 0.1) is 6.85 Å². The molecule has 0 aliphatic carbocycles. The van der Waals surface area contributed by atoms with Crippen LogP contribution in [0.25, 0.3) is 0 Å². The average Bonchev–Trinajstić information content (AvgIpc) is 2.06. The van der Waals surface area contributed by atoms with Crippen molar-refractivity contribution in [3.05, 3.63) is 27.7 Å². The molecule has 0 atom stereocenters. The van der Waals surface area contributed by atoms with Gasteiger partial charge in [-0.15, -0.1) is 0 Å². The van der Waals surface area contributed by atoms with E-state index in [2.05, 4.69) is 15.9 Å². The number of aldehydes is 1. The normalized spacial score (nSPS) is 14.8. The lowest BCUT2D eigenvalue weighted by molar-refractivity contribution is 0.112. The van der Waals surface area contributed by atoms with Crippen LogP contribution in [-0.2, 0) is 0 Å². The molecule has 0 radical (unpaired) electrons. The van der Waals surface area contributed by atoms with Gasteiger partial charge in [-0.05, 0) is 24.5 Å². The van der Waals surface area contributed by atoms with Crippen LogP contribution in [0.4, 0.5) is 0 Å². The van der Waals surface area contributed by atoms with E-state index in [-0.39, 0.29) is 21.3 Å². The Hall–Kier alpha value is -0.830. The van der Waals surface area contributed by atoms with Gasteiger partial charge >= 0.3 is 0 Å². The first kappa shape index (κ1) is 4.93. The van der Waals surface area contributed by atoms with E-state index in [1.165, 1.54) is 12.1 Å². The van der Waals surface area contributed by atoms with Crippen LogP contribution >= 0.6 is 15.9 Å². The number of phenolic OH excluding ortho intramolecular Hbond substituents is 1. The Morgan fingerprint density at radius 2 is 2.45 bits per heavy atom. The number of halogens is 1. The van der Waals surface area contributed by atoms with Gasteiger partial charge in [0.25, 0.3) is 0 Å². The summed E-state index contributed by atoms with van der Waals surface area (Å²) in [7, 11) is 0. The van der Waals surface area contributed by atoms with Crippen molar-refractivity contribution in [1.29, 1.82) is 0 Å². The van der Waals surface area contributed by atoms with Crippen LogP contribution in [0.3, 0.4) is 0 Å². The molecule has 0 spiro atoms. The third-order valence-corrected chi connectivity index (χ3v) is 1.95. The molecule has 1 rings (SSSR count). The van der Waals surface area contributed by atoms with Crippen LogP contribution in [0.15, 0.2) is 16.6 Å². The molecule has 0 fully saturated rings. The SMILES string of the molecule is [2H]C([2H])([2H])c1c(Br)ccc(O)c1C=O. The number of carbonyl (C=O) groups is 1. The fourth-order valence-corrected chi connectivity index (χ4v) is 1.05. The van der Waals surface area contributed by atoms with Gasteiger partial charge in [-0.2, -0.15) is 0 Å². The second-order valence-corrected chi connectivity index (χ2v) is 2.83. The van der Waals surface area contributed by atoms with E-state index in [1.54, 1.807) is 0 Å². The number of carbonyl (C=O) groups excluding carboxylic acids is 1. The van der Waals surface area contributed by atoms with Crippen molar-refractivity contribution in [2.24, 2.45) is 0 Å². The summed E-state index contributed by atoms with van der Waals surface area (Å²) in [6.45, 7) is -2.42. The summed E-state index contributed by atoms with van der Waals surface area (Å²) in [4.78, 5) is 10.6. The fourth-order valence-electron chi connectivity index (χ4n) is 0.701. The van der Waals surface area contributed by atoms with Gasteiger partial charge in [0.1, 0.15) is 5.75 Å². The largest absolute Gasteiger partial charge is 0.507 e. The van der Waals surface area contributed by atoms with E-state index in [4.69, 9.17) is 4.11 Å². The number of rotatable bonds is 1. The molecule has 1 aromatic carbocycles. The molecule has 0 saturated carbocycles. The quantitative estimate of drug-likeness (QED) is 0.734. The third kappa shape index (κ3) is 1.43. The highest BCUT2D eigenvalue weighted by Crippen LogP contribution is 2.25. The minimum atomic E-state index is -2.42. The molecule has 3 heteroatoms. The first-order chi connectivity index (χ1) is 6.38. The molecular formula is C8H7BrO2. The number of aromatic hydroxyl groups is 1. The molecule has 11 heavy (non-hydrogen) atoms. The second kappa shape index (κ2) is 3.05. The summed E-state index contributed by atoms with van der Waals surface area (Å²) in [6, 6.07) is 2.66. The molecule has 0 unspecified atom stereocenters. The third-order valence-electron chi connectivity index (χ3n) is 1.29. The predicted molar refractivity (Wildman–Crippen MR) is 45.9 cm³/mol. The van der Waals surface area contributed by atoms with Crippen molar-refractivity contribution in [2.75, 3.05) is 0 Å². The molecule has 0 amide bonds. The van der Waals surface area contributed by atoms with Crippen molar-refractivity contribution >= 4 is 22.2 Å². The summed E-state index contributed by atoms with van der Waals surface area (Å²) in [5, 5.41) is 9.28. The summed E-state index contributed by atoms with van der Waals surface area (Å²) < 4.78 is 21.9. The minimum absolute atomic E-state index is 0.160. The Bertz CT molecular complexity index is 374. The van der Waals surface area contributed by atoms with Crippen LogP contribution in [0.1, 0.15) is 20.0 Å². The second-order valence-electron chi connectivity index (χ2n) is 1.97. The molecular weight excluding hydrogens is 208 g/mol. The van der Waals surface area contributed by atoms with Crippen molar-refractivity contribution in [2.45, 2.75) is 6.85 Å². The van der Waals surface area contributed by atoms with E-state index in [0.717, 1.165) is 0 Å². The van der Waals surface area contributed by atoms with Crippen molar-refractivity contribution in [1.82, 2.24) is 0 Å². The molecule has 0 bridgehead atoms. The fraction of sp³-hybridized carbons (Fsp3) is 0.125. The Balaban J connectivity index is 3.53. The predicted octanol–water partition coefficient (Wildman–Crippen LogP) is 2.28. The van der Waals surface area contributed by atoms with Crippen LogP contribution in [0.2, 0.25) is 0 Å². The molecule has 0 saturated heterocycles. The Morgan fingerprint density at radius 1 is 1.73 bits per heavy atom. The molecule has 0 aromatic heterocycles. The molecule has 0 heterocycles. The number of benzene rings is 1. The van der Waals surface area contributed by atoms with Gasteiger partial charge in [0.05, 0.1) is 5.56 Å². The van der Waals surface area contributed by atoms with Gasteiger partial charge in [-0.3, -0.25) is 4.79 Å². The smallest absolute Gasteiger partial charge is 0.154 e. The van der Waals surface area contributed by atoms with E-state index in [1.807, 2.05) is 0 Å². The van der Waals surface area contributed by atoms with Crippen molar-refractivity contribution < 1.29 is 14.0 Å². The van der Waals surface area contributed by atoms with Gasteiger partial charge < -0.3 is 5.11 Å². The molecule has 0 aliphatic rings. The standard InChI is InChI=1S/C8H7BrO2/c1-5-6(4-10)8(11)3-2-7(5)9/h2-4,11H,1H3/i1D3. The summed E-state index contributed by atoms with van der Waals surface area (Å²) in [6.07, 6.45) is 0.335. The first-order valence-electron chi connectivity index (χ1n) is 4.35. The molecule has 2 nitrogen and oxygen atoms in total. The monoisotopic (exact) mass is 217 g/mol. The topological polar surface area (TPSA) is 37.3 Å². The van der Waals surface area contributed by atoms with Crippen LogP contribution in [0.5, 0.6) is 5.75 Å². The lowest BCUT2D eigenvalue weighted by Gasteiger charge is -2.02. The number of phenols is 1. The molecule has 58 valence electrons. The zero-order valence-electron chi connectivity index (χ0n) is 8.47. The summed E-state index contributed by atoms with van der Waals surface area (Å²) in [5.74, 6) is -0.325. The minimum Gasteiger partial charge on any atom is -0.507 e. The van der Waals surface area contributed by atoms with Gasteiger partial charge in [0, 0.05) is 8.58 Å². The highest BCUT2D eigenvalue weighted by atomic mass is 79.9. The zero-order valence-corrected chi connectivity index (χ0v) is 7.05. The number of hydrogen-bond acceptors (Lipinski definition) is 2. The van der Waals surface area contributed by atoms with Crippen molar-refractivity contribution in [3.63, 3.8) is 0 Å². The van der Waals surface area contributed by atoms with Gasteiger partial charge in [0.15, 0.2) is 6.29 Å². The highest BCUT2D eigenvalue weighted by molar-refractivity contribution is 9.10. The summed E-state index contributed by atoms with van der Waals surface area (Å²) >= 11 is 3.03. The van der Waals surface area contributed by atoms with Crippen molar-refractivity contribution in [3.8, 4) is 5.75 Å². The van der Waals surface area contributed by atoms with Gasteiger partial charge in [0.2, 0.25) is 0 Å². The van der Waals surface area contributed by atoms with E-state index in [9.17, 15) is 9.90 Å².